The van der Waals surface area contributed by atoms with Crippen molar-refractivity contribution >= 4 is 16.8 Å². The maximum atomic E-state index is 12.2. The summed E-state index contributed by atoms with van der Waals surface area (Å²) in [6.07, 6.45) is 0. The van der Waals surface area contributed by atoms with Crippen LogP contribution in [0.1, 0.15) is 21.6 Å². The lowest BCUT2D eigenvalue weighted by Gasteiger charge is -2.08. The number of rotatable bonds is 4. The van der Waals surface area contributed by atoms with Gasteiger partial charge in [0, 0.05) is 10.9 Å². The number of pyridine rings is 1. The van der Waals surface area contributed by atoms with E-state index in [1.54, 1.807) is 12.1 Å². The SMILES string of the molecule is Cc1ccc2nc(COc3cccc(C(=O)NF)c3)ccc2c1. The summed E-state index contributed by atoms with van der Waals surface area (Å²) in [5.41, 5.74) is 4.17. The molecule has 5 heteroatoms. The van der Waals surface area contributed by atoms with E-state index in [1.807, 2.05) is 31.2 Å². The average Bonchev–Trinajstić information content (AvgIpc) is 2.59. The molecular formula is C18H15FN2O2. The predicted molar refractivity (Wildman–Crippen MR) is 85.8 cm³/mol. The topological polar surface area (TPSA) is 51.2 Å². The first kappa shape index (κ1) is 15.0. The predicted octanol–water partition coefficient (Wildman–Crippen LogP) is 3.74. The Morgan fingerprint density at radius 3 is 2.87 bits per heavy atom. The summed E-state index contributed by atoms with van der Waals surface area (Å²) < 4.78 is 17.8. The molecule has 23 heavy (non-hydrogen) atoms. The van der Waals surface area contributed by atoms with Gasteiger partial charge in [0.25, 0.3) is 5.91 Å². The van der Waals surface area contributed by atoms with Crippen LogP contribution in [-0.4, -0.2) is 10.9 Å². The lowest BCUT2D eigenvalue weighted by atomic mass is 10.1. The van der Waals surface area contributed by atoms with Gasteiger partial charge in [-0.3, -0.25) is 4.79 Å². The first-order valence-electron chi connectivity index (χ1n) is 7.16. The monoisotopic (exact) mass is 310 g/mol. The third-order valence-electron chi connectivity index (χ3n) is 3.47. The Bertz CT molecular complexity index is 865. The first-order valence-corrected chi connectivity index (χ1v) is 7.16. The molecule has 1 amide bonds. The molecule has 3 rings (SSSR count). The highest BCUT2D eigenvalue weighted by Crippen LogP contribution is 2.17. The van der Waals surface area contributed by atoms with Gasteiger partial charge in [0.2, 0.25) is 0 Å². The number of halogens is 1. The second-order valence-corrected chi connectivity index (χ2v) is 5.24. The van der Waals surface area contributed by atoms with E-state index >= 15 is 0 Å². The number of carbonyl (C=O) groups excluding carboxylic acids is 1. The molecule has 0 bridgehead atoms. The molecule has 0 aliphatic heterocycles. The molecule has 0 aliphatic carbocycles. The van der Waals surface area contributed by atoms with Gasteiger partial charge >= 0.3 is 0 Å². The lowest BCUT2D eigenvalue weighted by Crippen LogP contribution is -2.13. The van der Waals surface area contributed by atoms with E-state index in [2.05, 4.69) is 11.1 Å². The number of fused-ring (bicyclic) bond motifs is 1. The van der Waals surface area contributed by atoms with E-state index in [4.69, 9.17) is 4.74 Å². The zero-order valence-electron chi connectivity index (χ0n) is 12.5. The van der Waals surface area contributed by atoms with Crippen molar-refractivity contribution in [3.05, 3.63) is 71.4 Å². The molecule has 0 saturated carbocycles. The molecule has 0 aliphatic rings. The van der Waals surface area contributed by atoms with Gasteiger partial charge in [-0.15, -0.1) is 0 Å². The number of aryl methyl sites for hydroxylation is 1. The van der Waals surface area contributed by atoms with Crippen LogP contribution in [0.3, 0.4) is 0 Å². The third kappa shape index (κ3) is 3.45. The second kappa shape index (κ2) is 6.44. The van der Waals surface area contributed by atoms with Gasteiger partial charge in [0.15, 0.2) is 0 Å². The fraction of sp³-hybridized carbons (Fsp3) is 0.111. The van der Waals surface area contributed by atoms with Crippen LogP contribution >= 0.6 is 0 Å². The average molecular weight is 310 g/mol. The van der Waals surface area contributed by atoms with Crippen LogP contribution in [0.15, 0.2) is 54.6 Å². The number of hydrogen-bond acceptors (Lipinski definition) is 3. The van der Waals surface area contributed by atoms with Gasteiger partial charge in [-0.2, -0.15) is 5.54 Å². The summed E-state index contributed by atoms with van der Waals surface area (Å²) in [6, 6.07) is 16.3. The molecule has 1 N–H and O–H groups in total. The summed E-state index contributed by atoms with van der Waals surface area (Å²) in [6.45, 7) is 2.31. The Hall–Kier alpha value is -2.95. The Morgan fingerprint density at radius 1 is 1.17 bits per heavy atom. The van der Waals surface area contributed by atoms with Crippen molar-refractivity contribution < 1.29 is 14.0 Å². The highest BCUT2D eigenvalue weighted by atomic mass is 19.2. The highest BCUT2D eigenvalue weighted by molar-refractivity contribution is 5.93. The summed E-state index contributed by atoms with van der Waals surface area (Å²) in [7, 11) is 0. The van der Waals surface area contributed by atoms with Crippen LogP contribution in [0.5, 0.6) is 5.75 Å². The van der Waals surface area contributed by atoms with Gasteiger partial charge in [-0.25, -0.2) is 4.98 Å². The van der Waals surface area contributed by atoms with Gasteiger partial charge in [-0.1, -0.05) is 28.2 Å². The fourth-order valence-electron chi connectivity index (χ4n) is 2.31. The number of aromatic nitrogens is 1. The van der Waals surface area contributed by atoms with Gasteiger partial charge < -0.3 is 4.74 Å². The molecule has 0 fully saturated rings. The molecule has 2 aromatic carbocycles. The van der Waals surface area contributed by atoms with Crippen LogP contribution in [-0.2, 0) is 6.61 Å². The Labute approximate surface area is 132 Å². The first-order chi connectivity index (χ1) is 11.2. The van der Waals surface area contributed by atoms with Crippen LogP contribution < -0.4 is 10.3 Å². The van der Waals surface area contributed by atoms with E-state index < -0.39 is 5.91 Å². The number of benzene rings is 2. The van der Waals surface area contributed by atoms with Gasteiger partial charge in [0.1, 0.15) is 12.4 Å². The van der Waals surface area contributed by atoms with Crippen LogP contribution in [0.4, 0.5) is 4.48 Å². The molecule has 0 spiro atoms. The van der Waals surface area contributed by atoms with Crippen molar-refractivity contribution in [3.8, 4) is 5.75 Å². The molecule has 0 radical (unpaired) electrons. The summed E-state index contributed by atoms with van der Waals surface area (Å²) in [4.78, 5) is 15.8. The van der Waals surface area contributed by atoms with Crippen molar-refractivity contribution in [2.24, 2.45) is 0 Å². The lowest BCUT2D eigenvalue weighted by molar-refractivity contribution is 0.0859. The van der Waals surface area contributed by atoms with E-state index in [-0.39, 0.29) is 12.2 Å². The van der Waals surface area contributed by atoms with E-state index in [0.29, 0.717) is 5.75 Å². The normalized spacial score (nSPS) is 10.5. The number of amides is 1. The van der Waals surface area contributed by atoms with Crippen molar-refractivity contribution in [1.82, 2.24) is 10.5 Å². The largest absolute Gasteiger partial charge is 0.487 e. The van der Waals surface area contributed by atoms with Crippen molar-refractivity contribution in [1.29, 1.82) is 0 Å². The maximum Gasteiger partial charge on any atom is 0.279 e. The molecule has 0 atom stereocenters. The molecular weight excluding hydrogens is 295 g/mol. The fourth-order valence-corrected chi connectivity index (χ4v) is 2.31. The number of carbonyl (C=O) groups is 1. The molecule has 116 valence electrons. The van der Waals surface area contributed by atoms with Crippen LogP contribution in [0, 0.1) is 6.92 Å². The molecule has 3 aromatic rings. The number of nitrogens with zero attached hydrogens (tertiary/aromatic N) is 1. The molecule has 0 saturated heterocycles. The quantitative estimate of drug-likeness (QED) is 0.747. The number of ether oxygens (including phenoxy) is 1. The van der Waals surface area contributed by atoms with Crippen molar-refractivity contribution in [2.45, 2.75) is 13.5 Å². The Balaban J connectivity index is 1.75. The van der Waals surface area contributed by atoms with E-state index in [1.165, 1.54) is 17.7 Å². The number of nitrogens with one attached hydrogen (secondary N) is 1. The maximum absolute atomic E-state index is 12.2. The highest BCUT2D eigenvalue weighted by Gasteiger charge is 2.06. The summed E-state index contributed by atoms with van der Waals surface area (Å²) >= 11 is 0. The number of hydrogen-bond donors (Lipinski definition) is 1. The third-order valence-corrected chi connectivity index (χ3v) is 3.47. The molecule has 1 aromatic heterocycles. The summed E-state index contributed by atoms with van der Waals surface area (Å²) in [5, 5.41) is 1.08. The zero-order valence-corrected chi connectivity index (χ0v) is 12.5. The van der Waals surface area contributed by atoms with Crippen LogP contribution in [0.25, 0.3) is 10.9 Å². The van der Waals surface area contributed by atoms with E-state index in [9.17, 15) is 9.28 Å². The summed E-state index contributed by atoms with van der Waals surface area (Å²) in [5.74, 6) is -0.313. The minimum atomic E-state index is -0.797. The minimum absolute atomic E-state index is 0.201. The van der Waals surface area contributed by atoms with Crippen molar-refractivity contribution in [3.63, 3.8) is 0 Å². The smallest absolute Gasteiger partial charge is 0.279 e. The minimum Gasteiger partial charge on any atom is -0.487 e. The molecule has 4 nitrogen and oxygen atoms in total. The van der Waals surface area contributed by atoms with E-state index in [0.717, 1.165) is 22.1 Å². The Morgan fingerprint density at radius 2 is 2.04 bits per heavy atom. The molecule has 0 unspecified atom stereocenters. The molecule has 1 heterocycles. The second-order valence-electron chi connectivity index (χ2n) is 5.24. The van der Waals surface area contributed by atoms with Gasteiger partial charge in [-0.05, 0) is 43.3 Å². The van der Waals surface area contributed by atoms with Crippen molar-refractivity contribution in [2.75, 3.05) is 0 Å². The van der Waals surface area contributed by atoms with Gasteiger partial charge in [0.05, 0.1) is 11.2 Å². The Kier molecular flexibility index (Phi) is 4.19. The standard InChI is InChI=1S/C18H15FN2O2/c1-12-5-8-17-13(9-12)6-7-15(20-17)11-23-16-4-2-3-14(10-16)18(22)21-19/h2-10H,11H2,1H3,(H,21,22). The zero-order chi connectivity index (χ0) is 16.2. The van der Waals surface area contributed by atoms with Crippen LogP contribution in [0.2, 0.25) is 0 Å².